The van der Waals surface area contributed by atoms with Gasteiger partial charge in [-0.05, 0) is 6.42 Å². The minimum atomic E-state index is -4.47. The fourth-order valence-electron chi connectivity index (χ4n) is 1.18. The van der Waals surface area contributed by atoms with Gasteiger partial charge >= 0.3 is 6.18 Å². The first-order chi connectivity index (χ1) is 6.95. The van der Waals surface area contributed by atoms with Gasteiger partial charge < -0.3 is 0 Å². The van der Waals surface area contributed by atoms with E-state index in [0.29, 0.717) is 0 Å². The van der Waals surface area contributed by atoms with E-state index in [2.05, 4.69) is 10.1 Å². The van der Waals surface area contributed by atoms with Gasteiger partial charge in [0.1, 0.15) is 0 Å². The van der Waals surface area contributed by atoms with Crippen molar-refractivity contribution < 1.29 is 18.0 Å². The fraction of sp³-hybridized carbons (Fsp3) is 0.500. The predicted molar refractivity (Wildman–Crippen MR) is 44.9 cm³/mol. The Morgan fingerprint density at radius 2 is 2.27 bits per heavy atom. The molecular weight excluding hydrogens is 211 g/mol. The van der Waals surface area contributed by atoms with Crippen molar-refractivity contribution in [2.75, 3.05) is 6.54 Å². The van der Waals surface area contributed by atoms with Gasteiger partial charge in [0.15, 0.2) is 5.69 Å². The Morgan fingerprint density at radius 3 is 2.80 bits per heavy atom. The highest BCUT2D eigenvalue weighted by Crippen LogP contribution is 2.30. The lowest BCUT2D eigenvalue weighted by molar-refractivity contribution is -0.142. The second-order valence-electron chi connectivity index (χ2n) is 2.90. The molecule has 0 saturated heterocycles. The van der Waals surface area contributed by atoms with Gasteiger partial charge in [-0.2, -0.15) is 18.3 Å². The number of isocyanates is 1. The molecule has 0 aliphatic carbocycles. The van der Waals surface area contributed by atoms with E-state index in [0.717, 1.165) is 4.68 Å². The van der Waals surface area contributed by atoms with Gasteiger partial charge in [-0.15, -0.1) is 0 Å². The van der Waals surface area contributed by atoms with Crippen LogP contribution in [0.3, 0.4) is 0 Å². The second kappa shape index (κ2) is 4.27. The molecule has 0 N–H and O–H groups in total. The van der Waals surface area contributed by atoms with Crippen molar-refractivity contribution in [2.24, 2.45) is 12.0 Å². The first kappa shape index (κ1) is 11.5. The van der Waals surface area contributed by atoms with Gasteiger partial charge in [-0.1, -0.05) is 0 Å². The number of rotatable bonds is 3. The van der Waals surface area contributed by atoms with Crippen molar-refractivity contribution in [3.8, 4) is 0 Å². The number of aromatic nitrogens is 2. The van der Waals surface area contributed by atoms with Crippen LogP contribution >= 0.6 is 0 Å². The maximum absolute atomic E-state index is 12.4. The van der Waals surface area contributed by atoms with Crippen LogP contribution in [0.5, 0.6) is 0 Å². The summed E-state index contributed by atoms with van der Waals surface area (Å²) < 4.78 is 38.2. The first-order valence-electron chi connectivity index (χ1n) is 4.08. The van der Waals surface area contributed by atoms with Crippen molar-refractivity contribution in [1.29, 1.82) is 0 Å². The van der Waals surface area contributed by atoms with Crippen LogP contribution in [-0.2, 0) is 24.4 Å². The molecule has 82 valence electrons. The Balaban J connectivity index is 2.91. The quantitative estimate of drug-likeness (QED) is 0.568. The predicted octanol–water partition coefficient (Wildman–Crippen LogP) is 1.32. The number of nitrogens with zero attached hydrogens (tertiary/aromatic N) is 3. The van der Waals surface area contributed by atoms with Crippen LogP contribution < -0.4 is 0 Å². The van der Waals surface area contributed by atoms with Crippen molar-refractivity contribution in [2.45, 2.75) is 12.6 Å². The second-order valence-corrected chi connectivity index (χ2v) is 2.90. The summed E-state index contributed by atoms with van der Waals surface area (Å²) in [6.45, 7) is -0.0156. The molecule has 7 heteroatoms. The minimum Gasteiger partial charge on any atom is -0.275 e. The molecule has 1 rings (SSSR count). The highest BCUT2D eigenvalue weighted by molar-refractivity contribution is 5.33. The maximum Gasteiger partial charge on any atom is 0.435 e. The molecule has 0 atom stereocenters. The maximum atomic E-state index is 12.4. The molecule has 1 aromatic rings. The summed E-state index contributed by atoms with van der Waals surface area (Å²) >= 11 is 0. The zero-order valence-electron chi connectivity index (χ0n) is 7.88. The topological polar surface area (TPSA) is 47.2 Å². The molecule has 0 aliphatic rings. The van der Waals surface area contributed by atoms with Crippen molar-refractivity contribution in [1.82, 2.24) is 9.78 Å². The van der Waals surface area contributed by atoms with E-state index in [1.165, 1.54) is 19.3 Å². The Bertz CT molecular complexity index is 390. The number of hydrogen-bond acceptors (Lipinski definition) is 3. The molecular formula is C8H8F3N3O. The lowest BCUT2D eigenvalue weighted by atomic mass is 10.2. The summed E-state index contributed by atoms with van der Waals surface area (Å²) in [7, 11) is 1.40. The highest BCUT2D eigenvalue weighted by atomic mass is 19.4. The van der Waals surface area contributed by atoms with Crippen LogP contribution in [0.15, 0.2) is 11.2 Å². The van der Waals surface area contributed by atoms with Gasteiger partial charge in [0, 0.05) is 18.8 Å². The number of carbonyl (C=O) groups excluding carboxylic acids is 1. The average Bonchev–Trinajstić information content (AvgIpc) is 2.47. The van der Waals surface area contributed by atoms with Crippen molar-refractivity contribution in [3.05, 3.63) is 17.5 Å². The molecule has 0 fully saturated rings. The van der Waals surface area contributed by atoms with E-state index in [1.807, 2.05) is 0 Å². The summed E-state index contributed by atoms with van der Waals surface area (Å²) in [4.78, 5) is 12.9. The summed E-state index contributed by atoms with van der Waals surface area (Å²) in [5, 5.41) is 3.31. The van der Waals surface area contributed by atoms with Crippen LogP contribution in [0.4, 0.5) is 13.2 Å². The van der Waals surface area contributed by atoms with Crippen molar-refractivity contribution in [3.63, 3.8) is 0 Å². The van der Waals surface area contributed by atoms with Crippen LogP contribution in [-0.4, -0.2) is 22.4 Å². The van der Waals surface area contributed by atoms with Crippen molar-refractivity contribution >= 4 is 6.08 Å². The van der Waals surface area contributed by atoms with Gasteiger partial charge in [0.2, 0.25) is 6.08 Å². The molecule has 0 unspecified atom stereocenters. The van der Waals surface area contributed by atoms with Crippen LogP contribution in [0.25, 0.3) is 0 Å². The monoisotopic (exact) mass is 219 g/mol. The molecule has 1 heterocycles. The molecule has 15 heavy (non-hydrogen) atoms. The molecule has 1 aromatic heterocycles. The number of hydrogen-bond donors (Lipinski definition) is 0. The van der Waals surface area contributed by atoms with Gasteiger partial charge in [-0.3, -0.25) is 4.68 Å². The molecule has 0 aromatic carbocycles. The van der Waals surface area contributed by atoms with Gasteiger partial charge in [-0.25, -0.2) is 9.79 Å². The Morgan fingerprint density at radius 1 is 1.60 bits per heavy atom. The van der Waals surface area contributed by atoms with E-state index >= 15 is 0 Å². The van der Waals surface area contributed by atoms with Crippen LogP contribution in [0.2, 0.25) is 0 Å². The molecule has 0 bridgehead atoms. The third-order valence-corrected chi connectivity index (χ3v) is 1.73. The molecule has 0 saturated carbocycles. The van der Waals surface area contributed by atoms with E-state index in [4.69, 9.17) is 0 Å². The Labute approximate surface area is 83.4 Å². The van der Waals surface area contributed by atoms with Crippen LogP contribution in [0, 0.1) is 0 Å². The van der Waals surface area contributed by atoms with Gasteiger partial charge in [0.25, 0.3) is 0 Å². The summed E-state index contributed by atoms with van der Waals surface area (Å²) in [6.07, 6.45) is -1.91. The Hall–Kier alpha value is -1.62. The number of aliphatic imine (C=N–C) groups is 1. The molecule has 0 aliphatic heterocycles. The zero-order chi connectivity index (χ0) is 11.5. The van der Waals surface area contributed by atoms with Crippen LogP contribution in [0.1, 0.15) is 11.3 Å². The van der Waals surface area contributed by atoms with E-state index in [-0.39, 0.29) is 18.5 Å². The molecule has 0 radical (unpaired) electrons. The SMILES string of the molecule is Cn1cc(CCN=C=O)c(C(F)(F)F)n1. The minimum absolute atomic E-state index is 0.0156. The summed E-state index contributed by atoms with van der Waals surface area (Å²) in [6, 6.07) is 0. The Kier molecular flexibility index (Phi) is 3.26. The number of aryl methyl sites for hydroxylation is 1. The normalized spacial score (nSPS) is 11.2. The summed E-state index contributed by atoms with van der Waals surface area (Å²) in [5.41, 5.74) is -0.893. The molecule has 4 nitrogen and oxygen atoms in total. The summed E-state index contributed by atoms with van der Waals surface area (Å²) in [5.74, 6) is 0. The van der Waals surface area contributed by atoms with E-state index < -0.39 is 11.9 Å². The highest BCUT2D eigenvalue weighted by Gasteiger charge is 2.36. The smallest absolute Gasteiger partial charge is 0.275 e. The first-order valence-corrected chi connectivity index (χ1v) is 4.08. The third kappa shape index (κ3) is 2.92. The number of halogens is 3. The number of alkyl halides is 3. The van der Waals surface area contributed by atoms with E-state index in [9.17, 15) is 18.0 Å². The largest absolute Gasteiger partial charge is 0.435 e. The molecule has 0 amide bonds. The van der Waals surface area contributed by atoms with Gasteiger partial charge in [0.05, 0.1) is 6.54 Å². The third-order valence-electron chi connectivity index (χ3n) is 1.73. The fourth-order valence-corrected chi connectivity index (χ4v) is 1.18. The molecule has 0 spiro atoms. The average molecular weight is 219 g/mol. The van der Waals surface area contributed by atoms with E-state index in [1.54, 1.807) is 0 Å². The lowest BCUT2D eigenvalue weighted by Crippen LogP contribution is -2.10. The standard InChI is InChI=1S/C8H8F3N3O/c1-14-4-6(2-3-12-5-15)7(13-14)8(9,10)11/h4H,2-3H2,1H3. The lowest BCUT2D eigenvalue weighted by Gasteiger charge is -2.04. The zero-order valence-corrected chi connectivity index (χ0v) is 7.88.